The SMILES string of the molecule is Cc1cc(C(=O)N2CCN(C(=O)C3(NC(N)=O)CC3)CC2)c(C)o1. The fourth-order valence-electron chi connectivity index (χ4n) is 3.18. The van der Waals surface area contributed by atoms with E-state index in [4.69, 9.17) is 10.2 Å². The zero-order chi connectivity index (χ0) is 17.5. The lowest BCUT2D eigenvalue weighted by Crippen LogP contribution is -2.57. The van der Waals surface area contributed by atoms with Gasteiger partial charge in [-0.15, -0.1) is 0 Å². The van der Waals surface area contributed by atoms with E-state index in [2.05, 4.69) is 5.32 Å². The minimum Gasteiger partial charge on any atom is -0.466 e. The first-order chi connectivity index (χ1) is 11.3. The first-order valence-corrected chi connectivity index (χ1v) is 8.06. The maximum absolute atomic E-state index is 12.6. The summed E-state index contributed by atoms with van der Waals surface area (Å²) < 4.78 is 5.41. The second kappa shape index (κ2) is 5.85. The highest BCUT2D eigenvalue weighted by atomic mass is 16.3. The van der Waals surface area contributed by atoms with Crippen molar-refractivity contribution in [3.05, 3.63) is 23.2 Å². The van der Waals surface area contributed by atoms with Gasteiger partial charge in [0.25, 0.3) is 5.91 Å². The predicted octanol–water partition coefficient (Wildman–Crippen LogP) is 0.382. The first-order valence-electron chi connectivity index (χ1n) is 8.06. The summed E-state index contributed by atoms with van der Waals surface area (Å²) in [5, 5.41) is 2.55. The highest BCUT2D eigenvalue weighted by Crippen LogP contribution is 2.37. The van der Waals surface area contributed by atoms with Crippen LogP contribution in [0.15, 0.2) is 10.5 Å². The number of urea groups is 1. The second-order valence-electron chi connectivity index (χ2n) is 6.48. The molecule has 0 bridgehead atoms. The van der Waals surface area contributed by atoms with E-state index in [1.165, 1.54) is 0 Å². The van der Waals surface area contributed by atoms with Gasteiger partial charge in [-0.2, -0.15) is 0 Å². The number of aryl methyl sites for hydroxylation is 2. The van der Waals surface area contributed by atoms with Crippen molar-refractivity contribution in [3.63, 3.8) is 0 Å². The summed E-state index contributed by atoms with van der Waals surface area (Å²) in [5.41, 5.74) is 4.89. The van der Waals surface area contributed by atoms with E-state index < -0.39 is 11.6 Å². The second-order valence-corrected chi connectivity index (χ2v) is 6.48. The number of amides is 4. The summed E-state index contributed by atoms with van der Waals surface area (Å²) in [6.45, 7) is 5.39. The topological polar surface area (TPSA) is 109 Å². The molecule has 0 radical (unpaired) electrons. The Morgan fingerprint density at radius 1 is 1.12 bits per heavy atom. The zero-order valence-corrected chi connectivity index (χ0v) is 13.9. The highest BCUT2D eigenvalue weighted by molar-refractivity contribution is 5.96. The Balaban J connectivity index is 1.60. The Morgan fingerprint density at radius 2 is 1.71 bits per heavy atom. The highest BCUT2D eigenvalue weighted by Gasteiger charge is 2.53. The molecule has 8 nitrogen and oxygen atoms in total. The summed E-state index contributed by atoms with van der Waals surface area (Å²) in [6.07, 6.45) is 1.23. The Kier molecular flexibility index (Phi) is 3.98. The number of furan rings is 1. The molecular weight excluding hydrogens is 312 g/mol. The van der Waals surface area contributed by atoms with Crippen molar-refractivity contribution in [3.8, 4) is 0 Å². The molecule has 1 saturated carbocycles. The van der Waals surface area contributed by atoms with Crippen LogP contribution in [-0.2, 0) is 4.79 Å². The summed E-state index contributed by atoms with van der Waals surface area (Å²) >= 11 is 0. The van der Waals surface area contributed by atoms with Crippen molar-refractivity contribution in [1.29, 1.82) is 0 Å². The van der Waals surface area contributed by atoms with Crippen molar-refractivity contribution in [2.75, 3.05) is 26.2 Å². The molecule has 1 aromatic heterocycles. The number of carbonyl (C=O) groups excluding carboxylic acids is 3. The van der Waals surface area contributed by atoms with Gasteiger partial charge in [-0.3, -0.25) is 9.59 Å². The predicted molar refractivity (Wildman–Crippen MR) is 85.3 cm³/mol. The molecular formula is C16H22N4O4. The van der Waals surface area contributed by atoms with Gasteiger partial charge in [0.1, 0.15) is 17.1 Å². The van der Waals surface area contributed by atoms with E-state index in [9.17, 15) is 14.4 Å². The van der Waals surface area contributed by atoms with Crippen LogP contribution in [0.4, 0.5) is 4.79 Å². The Hall–Kier alpha value is -2.51. The number of piperazine rings is 1. The number of hydrogen-bond acceptors (Lipinski definition) is 4. The third kappa shape index (κ3) is 2.95. The van der Waals surface area contributed by atoms with E-state index in [1.807, 2.05) is 0 Å². The van der Waals surface area contributed by atoms with Gasteiger partial charge in [-0.25, -0.2) is 4.79 Å². The lowest BCUT2D eigenvalue weighted by atomic mass is 10.1. The molecule has 0 atom stereocenters. The molecule has 4 amide bonds. The van der Waals surface area contributed by atoms with Crippen molar-refractivity contribution in [2.24, 2.45) is 5.73 Å². The monoisotopic (exact) mass is 334 g/mol. The van der Waals surface area contributed by atoms with Crippen LogP contribution in [-0.4, -0.2) is 59.4 Å². The molecule has 3 rings (SSSR count). The van der Waals surface area contributed by atoms with Gasteiger partial charge < -0.3 is 25.3 Å². The summed E-state index contributed by atoms with van der Waals surface area (Å²) in [5.74, 6) is 1.13. The third-order valence-corrected chi connectivity index (χ3v) is 4.65. The molecule has 0 unspecified atom stereocenters. The molecule has 0 spiro atoms. The van der Waals surface area contributed by atoms with Crippen LogP contribution in [0.3, 0.4) is 0 Å². The molecule has 24 heavy (non-hydrogen) atoms. The molecule has 8 heteroatoms. The molecule has 0 aromatic carbocycles. The molecule has 1 aliphatic carbocycles. The number of rotatable bonds is 3. The summed E-state index contributed by atoms with van der Waals surface area (Å²) in [6, 6.07) is 1.06. The molecule has 3 N–H and O–H groups in total. The zero-order valence-electron chi connectivity index (χ0n) is 13.9. The average molecular weight is 334 g/mol. The first kappa shape index (κ1) is 16.4. The Labute approximate surface area is 139 Å². The molecule has 2 heterocycles. The molecule has 1 saturated heterocycles. The normalized spacial score (nSPS) is 19.1. The van der Waals surface area contributed by atoms with Gasteiger partial charge in [0.2, 0.25) is 5.91 Å². The van der Waals surface area contributed by atoms with Gasteiger partial charge >= 0.3 is 6.03 Å². The van der Waals surface area contributed by atoms with E-state index in [0.717, 1.165) is 0 Å². The minimum atomic E-state index is -0.823. The number of nitrogens with zero attached hydrogens (tertiary/aromatic N) is 2. The van der Waals surface area contributed by atoms with Gasteiger partial charge in [-0.1, -0.05) is 0 Å². The van der Waals surface area contributed by atoms with Crippen molar-refractivity contribution < 1.29 is 18.8 Å². The Morgan fingerprint density at radius 3 is 2.17 bits per heavy atom. The average Bonchev–Trinajstić information content (AvgIpc) is 3.23. The molecule has 130 valence electrons. The number of carbonyl (C=O) groups is 3. The van der Waals surface area contributed by atoms with E-state index >= 15 is 0 Å². The maximum atomic E-state index is 12.6. The van der Waals surface area contributed by atoms with Crippen molar-refractivity contribution in [1.82, 2.24) is 15.1 Å². The fourth-order valence-corrected chi connectivity index (χ4v) is 3.18. The standard InChI is InChI=1S/C16H22N4O4/c1-10-9-12(11(2)24-10)13(21)19-5-7-20(8-6-19)14(22)16(3-4-16)18-15(17)23/h9H,3-8H2,1-2H3,(H3,17,18,23). The van der Waals surface area contributed by atoms with Crippen LogP contribution in [0.5, 0.6) is 0 Å². The maximum Gasteiger partial charge on any atom is 0.313 e. The lowest BCUT2D eigenvalue weighted by molar-refractivity contribution is -0.135. The van der Waals surface area contributed by atoms with Crippen LogP contribution in [0.2, 0.25) is 0 Å². The fraction of sp³-hybridized carbons (Fsp3) is 0.562. The molecule has 2 fully saturated rings. The van der Waals surface area contributed by atoms with Gasteiger partial charge in [-0.05, 0) is 32.8 Å². The Bertz CT molecular complexity index is 684. The van der Waals surface area contributed by atoms with Crippen LogP contribution in [0.1, 0.15) is 34.7 Å². The van der Waals surface area contributed by atoms with E-state index in [1.54, 1.807) is 29.7 Å². The van der Waals surface area contributed by atoms with Gasteiger partial charge in [0, 0.05) is 26.2 Å². The van der Waals surface area contributed by atoms with Crippen molar-refractivity contribution >= 4 is 17.8 Å². The largest absolute Gasteiger partial charge is 0.466 e. The summed E-state index contributed by atoms with van der Waals surface area (Å²) in [4.78, 5) is 39.6. The van der Waals surface area contributed by atoms with Crippen LogP contribution >= 0.6 is 0 Å². The van der Waals surface area contributed by atoms with Gasteiger partial charge in [0.05, 0.1) is 5.56 Å². The third-order valence-electron chi connectivity index (χ3n) is 4.65. The number of nitrogens with two attached hydrogens (primary N) is 1. The van der Waals surface area contributed by atoms with Crippen LogP contribution in [0.25, 0.3) is 0 Å². The number of nitrogens with one attached hydrogen (secondary N) is 1. The van der Waals surface area contributed by atoms with Crippen LogP contribution < -0.4 is 11.1 Å². The number of primary amides is 1. The van der Waals surface area contributed by atoms with Crippen LogP contribution in [0, 0.1) is 13.8 Å². The van der Waals surface area contributed by atoms with Crippen molar-refractivity contribution in [2.45, 2.75) is 32.2 Å². The lowest BCUT2D eigenvalue weighted by Gasteiger charge is -2.36. The smallest absolute Gasteiger partial charge is 0.313 e. The van der Waals surface area contributed by atoms with Gasteiger partial charge in [0.15, 0.2) is 0 Å². The molecule has 1 aromatic rings. The summed E-state index contributed by atoms with van der Waals surface area (Å²) in [7, 11) is 0. The van der Waals surface area contributed by atoms with E-state index in [-0.39, 0.29) is 11.8 Å². The number of hydrogen-bond donors (Lipinski definition) is 2. The van der Waals surface area contributed by atoms with E-state index in [0.29, 0.717) is 56.1 Å². The molecule has 2 aliphatic rings. The minimum absolute atomic E-state index is 0.0761. The quantitative estimate of drug-likeness (QED) is 0.833. The molecule has 1 aliphatic heterocycles.